The summed E-state index contributed by atoms with van der Waals surface area (Å²) in [6, 6.07) is 3.63. The molecule has 0 aromatic carbocycles. The smallest absolute Gasteiger partial charge is 0.394 e. The Morgan fingerprint density at radius 3 is 2.77 bits per heavy atom. The average Bonchev–Trinajstić information content (AvgIpc) is 3.46. The third kappa shape index (κ3) is 4.15. The summed E-state index contributed by atoms with van der Waals surface area (Å²) in [5, 5.41) is 26.8. The van der Waals surface area contributed by atoms with Gasteiger partial charge in [-0.15, -0.1) is 0 Å². The molecule has 1 atom stereocenters. The van der Waals surface area contributed by atoms with Crippen molar-refractivity contribution < 1.29 is 23.0 Å². The van der Waals surface area contributed by atoms with E-state index in [0.29, 0.717) is 31.0 Å². The Kier molecular flexibility index (Phi) is 5.98. The number of fused-ring (bicyclic) bond motifs is 1. The van der Waals surface area contributed by atoms with Gasteiger partial charge in [-0.25, -0.2) is 4.98 Å². The van der Waals surface area contributed by atoms with Crippen molar-refractivity contribution in [3.8, 4) is 6.07 Å². The van der Waals surface area contributed by atoms with Crippen molar-refractivity contribution in [3.63, 3.8) is 0 Å². The highest BCUT2D eigenvalue weighted by Gasteiger charge is 2.41. The van der Waals surface area contributed by atoms with E-state index in [9.17, 15) is 18.4 Å². The number of aromatic nitrogens is 5. The maximum atomic E-state index is 13.7. The van der Waals surface area contributed by atoms with Crippen LogP contribution in [0.4, 0.5) is 19.0 Å². The molecule has 1 saturated heterocycles. The zero-order chi connectivity index (χ0) is 24.7. The van der Waals surface area contributed by atoms with Gasteiger partial charge in [0.25, 0.3) is 0 Å². The van der Waals surface area contributed by atoms with Crippen molar-refractivity contribution in [1.82, 2.24) is 24.4 Å². The van der Waals surface area contributed by atoms with Gasteiger partial charge in [0.2, 0.25) is 0 Å². The van der Waals surface area contributed by atoms with Gasteiger partial charge in [-0.05, 0) is 37.8 Å². The normalized spacial score (nSPS) is 19.0. The van der Waals surface area contributed by atoms with E-state index < -0.39 is 17.4 Å². The van der Waals surface area contributed by atoms with Gasteiger partial charge in [-0.2, -0.15) is 33.1 Å². The second kappa shape index (κ2) is 8.98. The number of anilines is 1. The number of rotatable bonds is 6. The van der Waals surface area contributed by atoms with Crippen LogP contribution in [0.15, 0.2) is 24.5 Å². The first-order valence-corrected chi connectivity index (χ1v) is 11.4. The fraction of sp³-hybridized carbons (Fsp3) is 0.478. The third-order valence-electron chi connectivity index (χ3n) is 6.46. The number of hydrogen-bond acceptors (Lipinski definition) is 7. The Morgan fingerprint density at radius 1 is 1.31 bits per heavy atom. The van der Waals surface area contributed by atoms with Gasteiger partial charge in [-0.3, -0.25) is 4.68 Å². The van der Waals surface area contributed by atoms with E-state index in [2.05, 4.69) is 21.3 Å². The number of aryl methyl sites for hydroxylation is 1. The molecule has 12 heteroatoms. The second-order valence-electron chi connectivity index (χ2n) is 8.74. The highest BCUT2D eigenvalue weighted by Crippen LogP contribution is 2.42. The molecular weight excluding hydrogens is 463 g/mol. The second-order valence-corrected chi connectivity index (χ2v) is 8.74. The Balaban J connectivity index is 1.64. The molecule has 4 heterocycles. The number of nitriles is 1. The van der Waals surface area contributed by atoms with Gasteiger partial charge in [0, 0.05) is 31.0 Å². The molecule has 0 radical (unpaired) electrons. The van der Waals surface area contributed by atoms with E-state index in [-0.39, 0.29) is 31.0 Å². The molecule has 35 heavy (non-hydrogen) atoms. The first-order valence-electron chi connectivity index (χ1n) is 11.4. The molecule has 2 aliphatic rings. The summed E-state index contributed by atoms with van der Waals surface area (Å²) in [5.41, 5.74) is 0.261. The molecular formula is C23H24F3N7O2. The number of aliphatic hydroxyl groups is 1. The Labute approximate surface area is 199 Å². The van der Waals surface area contributed by atoms with Crippen LogP contribution in [0.5, 0.6) is 0 Å². The van der Waals surface area contributed by atoms with Crippen molar-refractivity contribution in [2.75, 3.05) is 31.2 Å². The van der Waals surface area contributed by atoms with E-state index in [4.69, 9.17) is 9.84 Å². The van der Waals surface area contributed by atoms with Crippen molar-refractivity contribution in [1.29, 1.82) is 5.26 Å². The lowest BCUT2D eigenvalue weighted by Gasteiger charge is -2.41. The molecule has 0 unspecified atom stereocenters. The van der Waals surface area contributed by atoms with E-state index in [1.807, 2.05) is 21.8 Å². The molecule has 0 spiro atoms. The van der Waals surface area contributed by atoms with Gasteiger partial charge in [0.05, 0.1) is 31.1 Å². The van der Waals surface area contributed by atoms with Crippen LogP contribution in [0.25, 0.3) is 11.2 Å². The summed E-state index contributed by atoms with van der Waals surface area (Å²) in [6.45, 7) is 2.67. The molecule has 5 rings (SSSR count). The largest absolute Gasteiger partial charge is 0.436 e. The topological polar surface area (TPSA) is 105 Å². The van der Waals surface area contributed by atoms with Crippen LogP contribution in [0.2, 0.25) is 0 Å². The van der Waals surface area contributed by atoms with Crippen molar-refractivity contribution in [3.05, 3.63) is 47.1 Å². The molecule has 3 aromatic heterocycles. The van der Waals surface area contributed by atoms with Crippen LogP contribution in [0.1, 0.15) is 47.8 Å². The molecule has 1 aliphatic heterocycles. The summed E-state index contributed by atoms with van der Waals surface area (Å²) >= 11 is 0. The number of nitrogens with zero attached hydrogens (tertiary/aromatic N) is 7. The van der Waals surface area contributed by atoms with E-state index in [1.54, 1.807) is 19.2 Å². The Bertz CT molecular complexity index is 1300. The number of alkyl halides is 3. The number of hydrogen-bond donors (Lipinski definition) is 1. The van der Waals surface area contributed by atoms with Crippen molar-refractivity contribution >= 4 is 17.0 Å². The zero-order valence-corrected chi connectivity index (χ0v) is 19.0. The molecule has 0 amide bonds. The monoisotopic (exact) mass is 487 g/mol. The summed E-state index contributed by atoms with van der Waals surface area (Å²) in [6.07, 6.45) is 3.09. The molecule has 0 saturated carbocycles. The maximum Gasteiger partial charge on any atom is 0.436 e. The molecule has 9 nitrogen and oxygen atoms in total. The number of halogens is 3. The molecule has 1 fully saturated rings. The third-order valence-corrected chi connectivity index (χ3v) is 6.46. The van der Waals surface area contributed by atoms with Crippen molar-refractivity contribution in [2.45, 2.75) is 44.5 Å². The van der Waals surface area contributed by atoms with E-state index >= 15 is 0 Å². The number of allylic oxidation sites excluding steroid dienone is 2. The lowest BCUT2D eigenvalue weighted by atomic mass is 9.89. The van der Waals surface area contributed by atoms with Crippen LogP contribution >= 0.6 is 0 Å². The minimum atomic E-state index is -4.79. The van der Waals surface area contributed by atoms with Gasteiger partial charge in [-0.1, -0.05) is 6.08 Å². The highest BCUT2D eigenvalue weighted by molar-refractivity contribution is 5.80. The minimum Gasteiger partial charge on any atom is -0.394 e. The quantitative estimate of drug-likeness (QED) is 0.570. The maximum absolute atomic E-state index is 13.7. The highest BCUT2D eigenvalue weighted by atomic mass is 19.4. The first-order chi connectivity index (χ1) is 16.8. The van der Waals surface area contributed by atoms with Gasteiger partial charge < -0.3 is 14.7 Å². The SMILES string of the molecule is Cc1nc2c(C#N)c(C(F)(F)F)nn2c(N2CC(OCCO)C2)c1C1=CCC[C@H](n2cccn2)C1. The zero-order valence-electron chi connectivity index (χ0n) is 19.0. The molecule has 0 bridgehead atoms. The lowest BCUT2D eigenvalue weighted by Crippen LogP contribution is -2.53. The average molecular weight is 487 g/mol. The summed E-state index contributed by atoms with van der Waals surface area (Å²) < 4.78 is 49.8. The summed E-state index contributed by atoms with van der Waals surface area (Å²) in [7, 11) is 0. The van der Waals surface area contributed by atoms with Crippen molar-refractivity contribution in [2.24, 2.45) is 0 Å². The lowest BCUT2D eigenvalue weighted by molar-refractivity contribution is -0.141. The molecule has 184 valence electrons. The standard InChI is InChI=1S/C23H24F3N7O2/c1-14-19(15-4-2-5-16(10-15)32-7-3-6-28-32)22(31-12-17(13-31)35-9-8-34)33-21(29-14)18(11-27)20(30-33)23(24,25)26/h3-4,6-7,16-17,34H,2,5,8-10,12-13H2,1H3/t16-/m0/s1. The van der Waals surface area contributed by atoms with Crippen LogP contribution in [-0.2, 0) is 10.9 Å². The van der Waals surface area contributed by atoms with Gasteiger partial charge in [0.15, 0.2) is 11.3 Å². The van der Waals surface area contributed by atoms with E-state index in [0.717, 1.165) is 28.5 Å². The van der Waals surface area contributed by atoms with E-state index in [1.165, 1.54) is 0 Å². The fourth-order valence-electron chi connectivity index (χ4n) is 4.86. The molecule has 3 aromatic rings. The van der Waals surface area contributed by atoms with Gasteiger partial charge in [0.1, 0.15) is 17.5 Å². The predicted molar refractivity (Wildman–Crippen MR) is 120 cm³/mol. The van der Waals surface area contributed by atoms with Gasteiger partial charge >= 0.3 is 6.18 Å². The fourth-order valence-corrected chi connectivity index (χ4v) is 4.86. The number of aliphatic hydroxyl groups excluding tert-OH is 1. The molecule has 1 aliphatic carbocycles. The molecule has 1 N–H and O–H groups in total. The summed E-state index contributed by atoms with van der Waals surface area (Å²) in [4.78, 5) is 6.33. The van der Waals surface area contributed by atoms with Crippen LogP contribution in [0.3, 0.4) is 0 Å². The van der Waals surface area contributed by atoms with Crippen LogP contribution < -0.4 is 4.90 Å². The Hall–Kier alpha value is -3.43. The first kappa shape index (κ1) is 23.3. The Morgan fingerprint density at radius 2 is 2.11 bits per heavy atom. The number of ether oxygens (including phenoxy) is 1. The summed E-state index contributed by atoms with van der Waals surface area (Å²) in [5.74, 6) is 0.468. The van der Waals surface area contributed by atoms with Crippen LogP contribution in [0, 0.1) is 18.3 Å². The predicted octanol–water partition coefficient (Wildman–Crippen LogP) is 3.13. The van der Waals surface area contributed by atoms with Crippen LogP contribution in [-0.4, -0.2) is 61.9 Å². The minimum absolute atomic E-state index is 0.109.